The van der Waals surface area contributed by atoms with Gasteiger partial charge in [-0.2, -0.15) is 0 Å². The first-order valence-electron chi connectivity index (χ1n) is 7.62. The predicted molar refractivity (Wildman–Crippen MR) is 84.4 cm³/mol. The SMILES string of the molecule is NCc1cccc2c1C(CN1CCCCCC1)=CS2(=O)=O. The number of likely N-dealkylation sites (tertiary alicyclic amines) is 1. The monoisotopic (exact) mass is 306 g/mol. The molecule has 0 amide bonds. The lowest BCUT2D eigenvalue weighted by atomic mass is 10.0. The van der Waals surface area contributed by atoms with Crippen LogP contribution in [0, 0.1) is 0 Å². The highest BCUT2D eigenvalue weighted by atomic mass is 32.2. The summed E-state index contributed by atoms with van der Waals surface area (Å²) in [5.74, 6) is 0. The van der Waals surface area contributed by atoms with E-state index in [9.17, 15) is 8.42 Å². The topological polar surface area (TPSA) is 63.4 Å². The zero-order valence-corrected chi connectivity index (χ0v) is 13.0. The fourth-order valence-electron chi connectivity index (χ4n) is 3.31. The van der Waals surface area contributed by atoms with E-state index < -0.39 is 9.84 Å². The highest BCUT2D eigenvalue weighted by molar-refractivity contribution is 7.95. The first kappa shape index (κ1) is 14.8. The van der Waals surface area contributed by atoms with Gasteiger partial charge in [-0.25, -0.2) is 8.42 Å². The van der Waals surface area contributed by atoms with Crippen molar-refractivity contribution in [1.29, 1.82) is 0 Å². The van der Waals surface area contributed by atoms with Gasteiger partial charge < -0.3 is 5.73 Å². The van der Waals surface area contributed by atoms with E-state index in [2.05, 4.69) is 4.90 Å². The van der Waals surface area contributed by atoms with Gasteiger partial charge in [0.1, 0.15) is 0 Å². The van der Waals surface area contributed by atoms with Crippen LogP contribution in [0.4, 0.5) is 0 Å². The molecule has 4 nitrogen and oxygen atoms in total. The molecule has 0 unspecified atom stereocenters. The summed E-state index contributed by atoms with van der Waals surface area (Å²) in [6, 6.07) is 5.40. The van der Waals surface area contributed by atoms with Gasteiger partial charge in [0, 0.05) is 24.1 Å². The van der Waals surface area contributed by atoms with Crippen LogP contribution >= 0.6 is 0 Å². The molecule has 1 saturated heterocycles. The summed E-state index contributed by atoms with van der Waals surface area (Å²) in [6.45, 7) is 3.19. The molecule has 0 aromatic heterocycles. The number of benzene rings is 1. The molecule has 1 fully saturated rings. The summed E-state index contributed by atoms with van der Waals surface area (Å²) in [5.41, 5.74) is 8.48. The van der Waals surface area contributed by atoms with Crippen molar-refractivity contribution >= 4 is 15.4 Å². The molecule has 2 aliphatic heterocycles. The third kappa shape index (κ3) is 2.91. The van der Waals surface area contributed by atoms with Gasteiger partial charge in [-0.15, -0.1) is 0 Å². The molecular weight excluding hydrogens is 284 g/mol. The fourth-order valence-corrected chi connectivity index (χ4v) is 4.82. The van der Waals surface area contributed by atoms with Gasteiger partial charge in [0.05, 0.1) is 4.90 Å². The van der Waals surface area contributed by atoms with Gasteiger partial charge in [-0.1, -0.05) is 25.0 Å². The van der Waals surface area contributed by atoms with Crippen LogP contribution in [-0.4, -0.2) is 33.0 Å². The number of fused-ring (bicyclic) bond motifs is 1. The van der Waals surface area contributed by atoms with Gasteiger partial charge in [0.15, 0.2) is 0 Å². The second kappa shape index (κ2) is 5.91. The van der Waals surface area contributed by atoms with Crippen LogP contribution in [0.2, 0.25) is 0 Å². The van der Waals surface area contributed by atoms with Crippen molar-refractivity contribution in [2.75, 3.05) is 19.6 Å². The Hall–Kier alpha value is -1.17. The summed E-state index contributed by atoms with van der Waals surface area (Å²) in [7, 11) is -3.29. The van der Waals surface area contributed by atoms with Crippen molar-refractivity contribution < 1.29 is 8.42 Å². The molecule has 0 saturated carbocycles. The summed E-state index contributed by atoms with van der Waals surface area (Å²) in [6.07, 6.45) is 4.95. The number of rotatable bonds is 3. The minimum absolute atomic E-state index is 0.371. The normalized spacial score (nSPS) is 21.7. The Labute approximate surface area is 126 Å². The largest absolute Gasteiger partial charge is 0.326 e. The predicted octanol–water partition coefficient (Wildman–Crippen LogP) is 2.15. The minimum atomic E-state index is -3.29. The van der Waals surface area contributed by atoms with E-state index in [-0.39, 0.29) is 0 Å². The van der Waals surface area contributed by atoms with E-state index in [1.54, 1.807) is 12.1 Å². The van der Waals surface area contributed by atoms with Gasteiger partial charge >= 0.3 is 0 Å². The van der Waals surface area contributed by atoms with E-state index in [0.29, 0.717) is 18.0 Å². The van der Waals surface area contributed by atoms with Gasteiger partial charge in [0.2, 0.25) is 9.84 Å². The van der Waals surface area contributed by atoms with E-state index in [4.69, 9.17) is 5.73 Å². The number of sulfone groups is 1. The molecule has 0 aliphatic carbocycles. The lowest BCUT2D eigenvalue weighted by molar-refractivity contribution is 0.320. The third-order valence-corrected chi connectivity index (χ3v) is 5.90. The molecule has 0 spiro atoms. The second-order valence-electron chi connectivity index (χ2n) is 5.87. The molecule has 2 N–H and O–H groups in total. The van der Waals surface area contributed by atoms with Crippen LogP contribution < -0.4 is 5.73 Å². The molecule has 3 rings (SSSR count). The summed E-state index contributed by atoms with van der Waals surface area (Å²) < 4.78 is 24.6. The van der Waals surface area contributed by atoms with E-state index >= 15 is 0 Å². The maximum Gasteiger partial charge on any atom is 0.200 e. The van der Waals surface area contributed by atoms with Crippen LogP contribution in [0.5, 0.6) is 0 Å². The molecule has 0 radical (unpaired) electrons. The van der Waals surface area contributed by atoms with Crippen molar-refractivity contribution in [3.8, 4) is 0 Å². The molecule has 114 valence electrons. The smallest absolute Gasteiger partial charge is 0.200 e. The zero-order valence-electron chi connectivity index (χ0n) is 12.2. The first-order chi connectivity index (χ1) is 10.1. The van der Waals surface area contributed by atoms with Crippen LogP contribution in [0.25, 0.3) is 5.57 Å². The van der Waals surface area contributed by atoms with Crippen LogP contribution in [0.15, 0.2) is 28.5 Å². The Balaban J connectivity index is 1.94. The summed E-state index contributed by atoms with van der Waals surface area (Å²) in [4.78, 5) is 2.80. The van der Waals surface area contributed by atoms with E-state index in [1.165, 1.54) is 31.1 Å². The number of hydrogen-bond donors (Lipinski definition) is 1. The molecule has 0 atom stereocenters. The molecule has 1 aromatic rings. The average Bonchev–Trinajstić information content (AvgIpc) is 2.64. The third-order valence-electron chi connectivity index (χ3n) is 4.35. The standard InChI is InChI=1S/C16H22N2O2S/c17-10-13-6-5-7-15-16(13)14(12-21(15,19)20)11-18-8-3-1-2-4-9-18/h5-7,12H,1-4,8-11,17H2. The summed E-state index contributed by atoms with van der Waals surface area (Å²) in [5, 5.41) is 1.45. The Morgan fingerprint density at radius 3 is 2.48 bits per heavy atom. The first-order valence-corrected chi connectivity index (χ1v) is 9.17. The number of nitrogens with two attached hydrogens (primary N) is 1. The highest BCUT2D eigenvalue weighted by Crippen LogP contribution is 2.36. The van der Waals surface area contributed by atoms with Crippen LogP contribution in [0.1, 0.15) is 36.8 Å². The quantitative estimate of drug-likeness (QED) is 0.929. The lowest BCUT2D eigenvalue weighted by Gasteiger charge is -2.21. The fraction of sp³-hybridized carbons (Fsp3) is 0.500. The molecule has 1 aromatic carbocycles. The molecule has 0 bridgehead atoms. The molecule has 2 aliphatic rings. The van der Waals surface area contributed by atoms with Gasteiger partial charge in [0.25, 0.3) is 0 Å². The van der Waals surface area contributed by atoms with Crippen molar-refractivity contribution in [3.05, 3.63) is 34.7 Å². The van der Waals surface area contributed by atoms with Gasteiger partial charge in [-0.3, -0.25) is 4.90 Å². The van der Waals surface area contributed by atoms with Crippen molar-refractivity contribution in [2.45, 2.75) is 37.1 Å². The number of hydrogen-bond acceptors (Lipinski definition) is 4. The van der Waals surface area contributed by atoms with Crippen molar-refractivity contribution in [2.24, 2.45) is 5.73 Å². The van der Waals surface area contributed by atoms with E-state index in [0.717, 1.165) is 29.8 Å². The average molecular weight is 306 g/mol. The molecule has 21 heavy (non-hydrogen) atoms. The maximum atomic E-state index is 12.3. The highest BCUT2D eigenvalue weighted by Gasteiger charge is 2.29. The molecular formula is C16H22N2O2S. The van der Waals surface area contributed by atoms with Crippen molar-refractivity contribution in [1.82, 2.24) is 4.90 Å². The van der Waals surface area contributed by atoms with E-state index in [1.807, 2.05) is 6.07 Å². The Bertz CT molecular complexity index is 657. The Morgan fingerprint density at radius 1 is 1.10 bits per heavy atom. The Kier molecular flexibility index (Phi) is 4.15. The second-order valence-corrected chi connectivity index (χ2v) is 7.64. The van der Waals surface area contributed by atoms with Crippen LogP contribution in [0.3, 0.4) is 0 Å². The van der Waals surface area contributed by atoms with Gasteiger partial charge in [-0.05, 0) is 43.1 Å². The summed E-state index contributed by atoms with van der Waals surface area (Å²) >= 11 is 0. The van der Waals surface area contributed by atoms with Crippen molar-refractivity contribution in [3.63, 3.8) is 0 Å². The van der Waals surface area contributed by atoms with Crippen LogP contribution in [-0.2, 0) is 16.4 Å². The zero-order chi connectivity index (χ0) is 14.9. The minimum Gasteiger partial charge on any atom is -0.326 e. The number of nitrogens with zero attached hydrogens (tertiary/aromatic N) is 1. The lowest BCUT2D eigenvalue weighted by Crippen LogP contribution is -2.26. The Morgan fingerprint density at radius 2 is 1.81 bits per heavy atom. The maximum absolute atomic E-state index is 12.3. The molecule has 5 heteroatoms. The molecule has 2 heterocycles.